The molecule has 1 aromatic heterocycles. The molecule has 4 nitrogen and oxygen atoms in total. The summed E-state index contributed by atoms with van der Waals surface area (Å²) in [5.74, 6) is 1.43. The SMILES string of the molecule is CCOc1cc(C)nc2c1[C@H](N)CO2. The predicted octanol–water partition coefficient (Wildman–Crippen LogP) is 1.18. The molecule has 0 amide bonds. The van der Waals surface area contributed by atoms with Crippen molar-refractivity contribution in [2.45, 2.75) is 19.9 Å². The Kier molecular flexibility index (Phi) is 2.29. The van der Waals surface area contributed by atoms with Gasteiger partial charge in [-0.1, -0.05) is 0 Å². The van der Waals surface area contributed by atoms with Crippen molar-refractivity contribution in [3.05, 3.63) is 17.3 Å². The summed E-state index contributed by atoms with van der Waals surface area (Å²) >= 11 is 0. The van der Waals surface area contributed by atoms with Crippen LogP contribution in [0, 0.1) is 6.92 Å². The molecule has 4 heteroatoms. The van der Waals surface area contributed by atoms with Crippen LogP contribution in [0.4, 0.5) is 0 Å². The Morgan fingerprint density at radius 2 is 2.50 bits per heavy atom. The van der Waals surface area contributed by atoms with Crippen LogP contribution in [0.3, 0.4) is 0 Å². The van der Waals surface area contributed by atoms with Crippen molar-refractivity contribution < 1.29 is 9.47 Å². The number of nitrogens with two attached hydrogens (primary N) is 1. The predicted molar refractivity (Wildman–Crippen MR) is 52.6 cm³/mol. The van der Waals surface area contributed by atoms with Crippen LogP contribution >= 0.6 is 0 Å². The highest BCUT2D eigenvalue weighted by Crippen LogP contribution is 2.37. The topological polar surface area (TPSA) is 57.4 Å². The Morgan fingerprint density at radius 1 is 1.71 bits per heavy atom. The van der Waals surface area contributed by atoms with E-state index in [1.807, 2.05) is 19.9 Å². The van der Waals surface area contributed by atoms with Gasteiger partial charge in [-0.15, -0.1) is 0 Å². The van der Waals surface area contributed by atoms with Crippen molar-refractivity contribution in [1.82, 2.24) is 4.98 Å². The molecule has 1 aromatic rings. The smallest absolute Gasteiger partial charge is 0.222 e. The Hall–Kier alpha value is -1.29. The van der Waals surface area contributed by atoms with Crippen LogP contribution in [0.15, 0.2) is 6.07 Å². The highest BCUT2D eigenvalue weighted by atomic mass is 16.5. The van der Waals surface area contributed by atoms with Crippen molar-refractivity contribution in [1.29, 1.82) is 0 Å². The third kappa shape index (κ3) is 1.42. The van der Waals surface area contributed by atoms with E-state index >= 15 is 0 Å². The number of hydrogen-bond acceptors (Lipinski definition) is 4. The number of hydrogen-bond donors (Lipinski definition) is 1. The van der Waals surface area contributed by atoms with Crippen LogP contribution in [0.2, 0.25) is 0 Å². The van der Waals surface area contributed by atoms with Gasteiger partial charge in [-0.25, -0.2) is 4.98 Å². The van der Waals surface area contributed by atoms with E-state index in [9.17, 15) is 0 Å². The van der Waals surface area contributed by atoms with Crippen LogP contribution in [-0.4, -0.2) is 18.2 Å². The molecule has 0 bridgehead atoms. The molecular weight excluding hydrogens is 180 g/mol. The van der Waals surface area contributed by atoms with Gasteiger partial charge in [-0.2, -0.15) is 0 Å². The molecule has 2 heterocycles. The van der Waals surface area contributed by atoms with Crippen molar-refractivity contribution in [3.63, 3.8) is 0 Å². The van der Waals surface area contributed by atoms with Gasteiger partial charge >= 0.3 is 0 Å². The van der Waals surface area contributed by atoms with Crippen LogP contribution in [0.5, 0.6) is 11.6 Å². The molecular formula is C10H14N2O2. The van der Waals surface area contributed by atoms with Crippen LogP contribution in [0.25, 0.3) is 0 Å². The molecule has 0 aromatic carbocycles. The lowest BCUT2D eigenvalue weighted by molar-refractivity contribution is 0.322. The van der Waals surface area contributed by atoms with Gasteiger partial charge in [-0.05, 0) is 13.8 Å². The summed E-state index contributed by atoms with van der Waals surface area (Å²) in [4.78, 5) is 4.26. The van der Waals surface area contributed by atoms with Gasteiger partial charge in [0.25, 0.3) is 0 Å². The van der Waals surface area contributed by atoms with Gasteiger partial charge in [0.1, 0.15) is 12.4 Å². The Bertz CT molecular complexity index is 352. The summed E-state index contributed by atoms with van der Waals surface area (Å²) in [6, 6.07) is 1.79. The molecule has 1 atom stereocenters. The number of fused-ring (bicyclic) bond motifs is 1. The molecule has 2 N–H and O–H groups in total. The van der Waals surface area contributed by atoms with Gasteiger partial charge < -0.3 is 15.2 Å². The molecule has 0 spiro atoms. The van der Waals surface area contributed by atoms with E-state index in [1.54, 1.807) is 0 Å². The van der Waals surface area contributed by atoms with Crippen LogP contribution < -0.4 is 15.2 Å². The number of aromatic nitrogens is 1. The van der Waals surface area contributed by atoms with E-state index in [4.69, 9.17) is 15.2 Å². The average molecular weight is 194 g/mol. The van der Waals surface area contributed by atoms with Crippen molar-refractivity contribution >= 4 is 0 Å². The van der Waals surface area contributed by atoms with E-state index in [-0.39, 0.29) is 6.04 Å². The molecule has 1 aliphatic heterocycles. The number of nitrogens with zero attached hydrogens (tertiary/aromatic N) is 1. The quantitative estimate of drug-likeness (QED) is 0.768. The van der Waals surface area contributed by atoms with Crippen molar-refractivity contribution in [2.24, 2.45) is 5.73 Å². The molecule has 1 aliphatic rings. The minimum Gasteiger partial charge on any atom is -0.493 e. The van der Waals surface area contributed by atoms with E-state index < -0.39 is 0 Å². The maximum atomic E-state index is 5.88. The number of aryl methyl sites for hydroxylation is 1. The first-order valence-corrected chi connectivity index (χ1v) is 4.75. The Balaban J connectivity index is 2.47. The number of pyridine rings is 1. The van der Waals surface area contributed by atoms with Crippen molar-refractivity contribution in [2.75, 3.05) is 13.2 Å². The van der Waals surface area contributed by atoms with E-state index in [0.29, 0.717) is 19.1 Å². The van der Waals surface area contributed by atoms with Crippen LogP contribution in [0.1, 0.15) is 24.2 Å². The number of ether oxygens (including phenoxy) is 2. The highest BCUT2D eigenvalue weighted by molar-refractivity contribution is 5.46. The summed E-state index contributed by atoms with van der Waals surface area (Å²) < 4.78 is 10.9. The zero-order valence-corrected chi connectivity index (χ0v) is 8.41. The van der Waals surface area contributed by atoms with E-state index in [0.717, 1.165) is 17.0 Å². The summed E-state index contributed by atoms with van der Waals surface area (Å²) in [6.07, 6.45) is 0. The monoisotopic (exact) mass is 194 g/mol. The highest BCUT2D eigenvalue weighted by Gasteiger charge is 2.26. The fourth-order valence-corrected chi connectivity index (χ4v) is 1.60. The van der Waals surface area contributed by atoms with E-state index in [2.05, 4.69) is 4.98 Å². The van der Waals surface area contributed by atoms with Gasteiger partial charge in [-0.3, -0.25) is 0 Å². The van der Waals surface area contributed by atoms with Crippen molar-refractivity contribution in [3.8, 4) is 11.6 Å². The maximum absolute atomic E-state index is 5.88. The zero-order chi connectivity index (χ0) is 10.1. The second-order valence-electron chi connectivity index (χ2n) is 3.33. The van der Waals surface area contributed by atoms with Gasteiger partial charge in [0, 0.05) is 11.8 Å². The molecule has 76 valence electrons. The van der Waals surface area contributed by atoms with Gasteiger partial charge in [0.05, 0.1) is 18.2 Å². The molecule has 0 fully saturated rings. The molecule has 0 aliphatic carbocycles. The summed E-state index contributed by atoms with van der Waals surface area (Å²) in [7, 11) is 0. The molecule has 0 radical (unpaired) electrons. The molecule has 0 saturated heterocycles. The fraction of sp³-hybridized carbons (Fsp3) is 0.500. The molecule has 0 unspecified atom stereocenters. The van der Waals surface area contributed by atoms with E-state index in [1.165, 1.54) is 0 Å². The van der Waals surface area contributed by atoms with Crippen LogP contribution in [-0.2, 0) is 0 Å². The fourth-order valence-electron chi connectivity index (χ4n) is 1.60. The lowest BCUT2D eigenvalue weighted by Crippen LogP contribution is -2.12. The minimum absolute atomic E-state index is 0.111. The van der Waals surface area contributed by atoms with Gasteiger partial charge in [0.2, 0.25) is 5.88 Å². The lowest BCUT2D eigenvalue weighted by Gasteiger charge is -2.10. The maximum Gasteiger partial charge on any atom is 0.222 e. The second kappa shape index (κ2) is 3.46. The Labute approximate surface area is 83.0 Å². The largest absolute Gasteiger partial charge is 0.493 e. The summed E-state index contributed by atoms with van der Waals surface area (Å²) in [5.41, 5.74) is 7.67. The first-order chi connectivity index (χ1) is 6.72. The number of rotatable bonds is 2. The average Bonchev–Trinajstić information content (AvgIpc) is 2.48. The molecule has 2 rings (SSSR count). The molecule has 0 saturated carbocycles. The normalized spacial score (nSPS) is 18.9. The first-order valence-electron chi connectivity index (χ1n) is 4.75. The Morgan fingerprint density at radius 3 is 3.21 bits per heavy atom. The second-order valence-corrected chi connectivity index (χ2v) is 3.33. The zero-order valence-electron chi connectivity index (χ0n) is 8.41. The molecule has 14 heavy (non-hydrogen) atoms. The first kappa shape index (κ1) is 9.27. The minimum atomic E-state index is -0.111. The summed E-state index contributed by atoms with van der Waals surface area (Å²) in [6.45, 7) is 4.98. The third-order valence-electron chi connectivity index (χ3n) is 2.18. The standard InChI is InChI=1S/C10H14N2O2/c1-3-13-8-4-6(2)12-10-9(8)7(11)5-14-10/h4,7H,3,5,11H2,1-2H3/t7-/m1/s1. The van der Waals surface area contributed by atoms with Gasteiger partial charge in [0.15, 0.2) is 0 Å². The lowest BCUT2D eigenvalue weighted by atomic mass is 10.1. The summed E-state index contributed by atoms with van der Waals surface area (Å²) in [5, 5.41) is 0. The third-order valence-corrected chi connectivity index (χ3v) is 2.18.